The lowest BCUT2D eigenvalue weighted by Gasteiger charge is -2.27. The molecule has 1 unspecified atom stereocenters. The number of nitro benzene ring substituents is 1. The van der Waals surface area contributed by atoms with E-state index in [0.717, 1.165) is 41.0 Å². The highest BCUT2D eigenvalue weighted by molar-refractivity contribution is 6.11. The Morgan fingerprint density at radius 2 is 1.81 bits per heavy atom. The van der Waals surface area contributed by atoms with E-state index in [1.807, 2.05) is 24.3 Å². The van der Waals surface area contributed by atoms with E-state index in [-0.39, 0.29) is 28.8 Å². The minimum absolute atomic E-state index is 0.0583. The third-order valence-corrected chi connectivity index (χ3v) is 6.20. The summed E-state index contributed by atoms with van der Waals surface area (Å²) in [6, 6.07) is 13.1. The van der Waals surface area contributed by atoms with Crippen molar-refractivity contribution >= 4 is 33.2 Å². The fourth-order valence-electron chi connectivity index (χ4n) is 4.88. The first-order valence-electron chi connectivity index (χ1n) is 10.7. The van der Waals surface area contributed by atoms with Crippen molar-refractivity contribution in [3.8, 4) is 0 Å². The molecule has 1 atom stereocenters. The molecular weight excluding hydrogens is 406 g/mol. The summed E-state index contributed by atoms with van der Waals surface area (Å²) in [5, 5.41) is 15.1. The van der Waals surface area contributed by atoms with Crippen LogP contribution in [-0.2, 0) is 11.2 Å². The molecule has 32 heavy (non-hydrogen) atoms. The van der Waals surface area contributed by atoms with Gasteiger partial charge in [0.1, 0.15) is 0 Å². The molecule has 0 saturated carbocycles. The Morgan fingerprint density at radius 1 is 1.06 bits per heavy atom. The SMILES string of the molecule is CCOC(=O)c1nccnc1C1CCCc2c1ccc1c2ccc2c([N+](=O)[O-])cccc21. The molecule has 0 N–H and O–H groups in total. The van der Waals surface area contributed by atoms with Crippen LogP contribution in [0.15, 0.2) is 54.9 Å². The predicted octanol–water partition coefficient (Wildman–Crippen LogP) is 5.34. The molecule has 0 bridgehead atoms. The number of ether oxygens (including phenoxy) is 1. The number of rotatable bonds is 4. The summed E-state index contributed by atoms with van der Waals surface area (Å²) < 4.78 is 5.20. The van der Waals surface area contributed by atoms with Crippen molar-refractivity contribution in [1.29, 1.82) is 0 Å². The van der Waals surface area contributed by atoms with Crippen LogP contribution in [0.25, 0.3) is 21.5 Å². The molecule has 1 aliphatic carbocycles. The van der Waals surface area contributed by atoms with Crippen molar-refractivity contribution in [2.24, 2.45) is 0 Å². The molecule has 4 aromatic rings. The number of esters is 1. The highest BCUT2D eigenvalue weighted by Crippen LogP contribution is 2.42. The normalized spacial score (nSPS) is 15.5. The maximum Gasteiger partial charge on any atom is 0.358 e. The van der Waals surface area contributed by atoms with Crippen LogP contribution in [0.2, 0.25) is 0 Å². The maximum absolute atomic E-state index is 12.5. The molecule has 7 nitrogen and oxygen atoms in total. The van der Waals surface area contributed by atoms with E-state index in [4.69, 9.17) is 4.74 Å². The number of fused-ring (bicyclic) bond motifs is 5. The number of benzene rings is 3. The largest absolute Gasteiger partial charge is 0.461 e. The molecule has 1 heterocycles. The van der Waals surface area contributed by atoms with Gasteiger partial charge in [-0.1, -0.05) is 30.3 Å². The van der Waals surface area contributed by atoms with Crippen molar-refractivity contribution in [3.05, 3.63) is 87.5 Å². The third kappa shape index (κ3) is 3.17. The Balaban J connectivity index is 1.69. The zero-order chi connectivity index (χ0) is 22.2. The molecule has 0 radical (unpaired) electrons. The van der Waals surface area contributed by atoms with Crippen LogP contribution >= 0.6 is 0 Å². The summed E-state index contributed by atoms with van der Waals surface area (Å²) in [6.07, 6.45) is 5.84. The Hall–Kier alpha value is -3.87. The zero-order valence-corrected chi connectivity index (χ0v) is 17.6. The van der Waals surface area contributed by atoms with Crippen LogP contribution < -0.4 is 0 Å². The fraction of sp³-hybridized carbons (Fsp3) is 0.240. The van der Waals surface area contributed by atoms with E-state index in [9.17, 15) is 14.9 Å². The summed E-state index contributed by atoms with van der Waals surface area (Å²) in [5.74, 6) is -0.515. The van der Waals surface area contributed by atoms with Crippen molar-refractivity contribution < 1.29 is 14.5 Å². The van der Waals surface area contributed by atoms with Crippen LogP contribution in [0.4, 0.5) is 5.69 Å². The van der Waals surface area contributed by atoms with E-state index in [0.29, 0.717) is 11.1 Å². The Morgan fingerprint density at radius 3 is 2.62 bits per heavy atom. The van der Waals surface area contributed by atoms with Gasteiger partial charge in [-0.3, -0.25) is 15.1 Å². The minimum Gasteiger partial charge on any atom is -0.461 e. The maximum atomic E-state index is 12.5. The third-order valence-electron chi connectivity index (χ3n) is 6.20. The van der Waals surface area contributed by atoms with Gasteiger partial charge in [-0.25, -0.2) is 9.78 Å². The van der Waals surface area contributed by atoms with Gasteiger partial charge in [-0.2, -0.15) is 0 Å². The monoisotopic (exact) mass is 427 g/mol. The molecule has 1 aromatic heterocycles. The molecule has 1 aliphatic rings. The van der Waals surface area contributed by atoms with Crippen molar-refractivity contribution in [1.82, 2.24) is 9.97 Å². The molecule has 0 aliphatic heterocycles. The lowest BCUT2D eigenvalue weighted by Crippen LogP contribution is -2.19. The van der Waals surface area contributed by atoms with E-state index in [1.165, 1.54) is 17.8 Å². The molecule has 3 aromatic carbocycles. The summed E-state index contributed by atoms with van der Waals surface area (Å²) in [6.45, 7) is 2.05. The second-order valence-corrected chi connectivity index (χ2v) is 7.88. The molecule has 0 fully saturated rings. The quantitative estimate of drug-likeness (QED) is 0.189. The number of nitro groups is 1. The number of carbonyl (C=O) groups excluding carboxylic acids is 1. The van der Waals surface area contributed by atoms with Gasteiger partial charge in [0.2, 0.25) is 0 Å². The van der Waals surface area contributed by atoms with Crippen LogP contribution in [0, 0.1) is 10.1 Å². The zero-order valence-electron chi connectivity index (χ0n) is 17.6. The number of carbonyl (C=O) groups is 1. The van der Waals surface area contributed by atoms with Crippen LogP contribution in [0.1, 0.15) is 53.0 Å². The van der Waals surface area contributed by atoms with Crippen molar-refractivity contribution in [3.63, 3.8) is 0 Å². The minimum atomic E-state index is -0.457. The van der Waals surface area contributed by atoms with Gasteiger partial charge in [0, 0.05) is 24.4 Å². The van der Waals surface area contributed by atoms with Crippen LogP contribution in [-0.4, -0.2) is 27.5 Å². The molecule has 0 spiro atoms. The van der Waals surface area contributed by atoms with Gasteiger partial charge < -0.3 is 4.74 Å². The topological polar surface area (TPSA) is 95.2 Å². The van der Waals surface area contributed by atoms with E-state index < -0.39 is 5.97 Å². The van der Waals surface area contributed by atoms with Gasteiger partial charge in [0.25, 0.3) is 5.69 Å². The first-order valence-corrected chi connectivity index (χ1v) is 10.7. The summed E-state index contributed by atoms with van der Waals surface area (Å²) in [4.78, 5) is 32.4. The number of aryl methyl sites for hydroxylation is 1. The number of aromatic nitrogens is 2. The number of non-ortho nitro benzene ring substituents is 1. The Labute approximate surface area is 184 Å². The van der Waals surface area contributed by atoms with E-state index >= 15 is 0 Å². The van der Waals surface area contributed by atoms with Crippen LogP contribution in [0.5, 0.6) is 0 Å². The molecule has 5 rings (SSSR count). The Kier molecular flexibility index (Phi) is 5.01. The smallest absolute Gasteiger partial charge is 0.358 e. The van der Waals surface area contributed by atoms with E-state index in [1.54, 1.807) is 19.2 Å². The van der Waals surface area contributed by atoms with Gasteiger partial charge in [-0.15, -0.1) is 0 Å². The molecule has 160 valence electrons. The van der Waals surface area contributed by atoms with E-state index in [2.05, 4.69) is 16.0 Å². The first kappa shape index (κ1) is 20.1. The summed E-state index contributed by atoms with van der Waals surface area (Å²) >= 11 is 0. The second kappa shape index (κ2) is 8.00. The Bertz CT molecular complexity index is 1380. The fourth-order valence-corrected chi connectivity index (χ4v) is 4.88. The molecule has 0 amide bonds. The average molecular weight is 427 g/mol. The lowest BCUT2D eigenvalue weighted by atomic mass is 9.78. The summed E-state index contributed by atoms with van der Waals surface area (Å²) in [7, 11) is 0. The van der Waals surface area contributed by atoms with Gasteiger partial charge in [0.15, 0.2) is 5.69 Å². The van der Waals surface area contributed by atoms with Gasteiger partial charge in [0.05, 0.1) is 22.6 Å². The molecule has 0 saturated heterocycles. The lowest BCUT2D eigenvalue weighted by molar-refractivity contribution is -0.383. The highest BCUT2D eigenvalue weighted by atomic mass is 16.6. The van der Waals surface area contributed by atoms with Crippen LogP contribution in [0.3, 0.4) is 0 Å². The van der Waals surface area contributed by atoms with Crippen molar-refractivity contribution in [2.75, 3.05) is 6.61 Å². The highest BCUT2D eigenvalue weighted by Gasteiger charge is 2.29. The van der Waals surface area contributed by atoms with Crippen molar-refractivity contribution in [2.45, 2.75) is 32.1 Å². The number of nitrogens with zero attached hydrogens (tertiary/aromatic N) is 3. The first-order chi connectivity index (χ1) is 15.6. The molecule has 7 heteroatoms. The number of hydrogen-bond acceptors (Lipinski definition) is 6. The number of hydrogen-bond donors (Lipinski definition) is 0. The predicted molar refractivity (Wildman–Crippen MR) is 121 cm³/mol. The van der Waals surface area contributed by atoms with Gasteiger partial charge >= 0.3 is 5.97 Å². The average Bonchev–Trinajstić information content (AvgIpc) is 2.82. The summed E-state index contributed by atoms with van der Waals surface area (Å²) in [5.41, 5.74) is 3.34. The molecular formula is C25H21N3O4. The second-order valence-electron chi connectivity index (χ2n) is 7.88. The standard InChI is InChI=1S/C25H21N3O4/c1-2-32-25(29)24-23(26-13-14-27-24)21-7-3-5-15-17-11-12-20-16(18(17)9-10-19(15)21)6-4-8-22(20)28(30)31/h4,6,8-14,21H,2-3,5,7H2,1H3. The van der Waals surface area contributed by atoms with Gasteiger partial charge in [-0.05, 0) is 59.5 Å².